The molecule has 1 unspecified atom stereocenters. The van der Waals surface area contributed by atoms with Gasteiger partial charge >= 0.3 is 0 Å². The molecule has 0 radical (unpaired) electrons. The summed E-state index contributed by atoms with van der Waals surface area (Å²) in [5.41, 5.74) is 0.844. The van der Waals surface area contributed by atoms with Crippen molar-refractivity contribution in [3.8, 4) is 0 Å². The van der Waals surface area contributed by atoms with E-state index in [0.717, 1.165) is 12.1 Å². The number of carbonyl (C=O) groups is 2. The summed E-state index contributed by atoms with van der Waals surface area (Å²) in [6, 6.07) is 7.51. The van der Waals surface area contributed by atoms with Crippen LogP contribution in [0, 0.1) is 0 Å². The number of ether oxygens (including phenoxy) is 1. The SMILES string of the molecule is Cl.O=C(Cc1ccccc1Cl)N1CCN(C(=O)CC2COCCN2)CC1. The number of halogens is 2. The summed E-state index contributed by atoms with van der Waals surface area (Å²) < 4.78 is 5.39. The van der Waals surface area contributed by atoms with Gasteiger partial charge in [-0.3, -0.25) is 9.59 Å². The number of nitrogens with zero attached hydrogens (tertiary/aromatic N) is 2. The number of nitrogens with one attached hydrogen (secondary N) is 1. The summed E-state index contributed by atoms with van der Waals surface area (Å²) in [4.78, 5) is 28.5. The zero-order valence-corrected chi connectivity index (χ0v) is 16.2. The van der Waals surface area contributed by atoms with Crippen LogP contribution in [0.1, 0.15) is 12.0 Å². The first-order valence-corrected chi connectivity index (χ1v) is 9.11. The summed E-state index contributed by atoms with van der Waals surface area (Å²) in [6.45, 7) is 4.40. The van der Waals surface area contributed by atoms with Crippen molar-refractivity contribution in [1.82, 2.24) is 15.1 Å². The highest BCUT2D eigenvalue weighted by Crippen LogP contribution is 2.17. The number of rotatable bonds is 4. The van der Waals surface area contributed by atoms with Gasteiger partial charge in [-0.15, -0.1) is 12.4 Å². The van der Waals surface area contributed by atoms with Crippen LogP contribution in [0.2, 0.25) is 5.02 Å². The highest BCUT2D eigenvalue weighted by atomic mass is 35.5. The van der Waals surface area contributed by atoms with Gasteiger partial charge in [-0.1, -0.05) is 29.8 Å². The molecule has 1 N–H and O–H groups in total. The maximum atomic E-state index is 12.5. The Labute approximate surface area is 165 Å². The summed E-state index contributed by atoms with van der Waals surface area (Å²) in [7, 11) is 0. The molecule has 0 aromatic heterocycles. The Balaban J connectivity index is 0.00000243. The van der Waals surface area contributed by atoms with Crippen LogP contribution in [0.25, 0.3) is 0 Å². The Morgan fingerprint density at radius 2 is 1.77 bits per heavy atom. The van der Waals surface area contributed by atoms with Gasteiger partial charge in [0, 0.05) is 50.2 Å². The summed E-state index contributed by atoms with van der Waals surface area (Å²) in [6.07, 6.45) is 0.754. The van der Waals surface area contributed by atoms with E-state index in [9.17, 15) is 9.59 Å². The fraction of sp³-hybridized carbons (Fsp3) is 0.556. The molecule has 3 rings (SSSR count). The molecule has 2 aliphatic heterocycles. The Bertz CT molecular complexity index is 615. The fourth-order valence-electron chi connectivity index (χ4n) is 3.21. The smallest absolute Gasteiger partial charge is 0.227 e. The fourth-order valence-corrected chi connectivity index (χ4v) is 3.42. The quantitative estimate of drug-likeness (QED) is 0.826. The second-order valence-corrected chi connectivity index (χ2v) is 6.87. The summed E-state index contributed by atoms with van der Waals surface area (Å²) >= 11 is 6.12. The highest BCUT2D eigenvalue weighted by Gasteiger charge is 2.26. The van der Waals surface area contributed by atoms with E-state index in [2.05, 4.69) is 5.32 Å². The lowest BCUT2D eigenvalue weighted by atomic mass is 10.1. The van der Waals surface area contributed by atoms with E-state index in [1.807, 2.05) is 28.0 Å². The molecule has 0 spiro atoms. The molecule has 2 fully saturated rings. The minimum absolute atomic E-state index is 0. The molecule has 8 heteroatoms. The van der Waals surface area contributed by atoms with Crippen molar-refractivity contribution >= 4 is 35.8 Å². The van der Waals surface area contributed by atoms with Crippen LogP contribution >= 0.6 is 24.0 Å². The van der Waals surface area contributed by atoms with E-state index in [1.165, 1.54) is 0 Å². The molecule has 1 aromatic carbocycles. The zero-order chi connectivity index (χ0) is 17.6. The van der Waals surface area contributed by atoms with Gasteiger partial charge in [0.2, 0.25) is 11.8 Å². The number of amides is 2. The molecule has 26 heavy (non-hydrogen) atoms. The van der Waals surface area contributed by atoms with Crippen molar-refractivity contribution < 1.29 is 14.3 Å². The second-order valence-electron chi connectivity index (χ2n) is 6.46. The highest BCUT2D eigenvalue weighted by molar-refractivity contribution is 6.31. The minimum Gasteiger partial charge on any atom is -0.378 e. The molecule has 0 bridgehead atoms. The zero-order valence-electron chi connectivity index (χ0n) is 14.7. The molecule has 2 heterocycles. The van der Waals surface area contributed by atoms with Gasteiger partial charge in [-0.25, -0.2) is 0 Å². The predicted octanol–water partition coefficient (Wildman–Crippen LogP) is 1.35. The molecule has 1 aromatic rings. The van der Waals surface area contributed by atoms with Gasteiger partial charge in [0.25, 0.3) is 0 Å². The lowest BCUT2D eigenvalue weighted by molar-refractivity contribution is -0.139. The molecule has 0 aliphatic carbocycles. The topological polar surface area (TPSA) is 61.9 Å². The number of benzene rings is 1. The number of piperazine rings is 1. The van der Waals surface area contributed by atoms with E-state index in [1.54, 1.807) is 6.07 Å². The van der Waals surface area contributed by atoms with Gasteiger partial charge in [0.15, 0.2) is 0 Å². The lowest BCUT2D eigenvalue weighted by Crippen LogP contribution is -2.52. The molecule has 1 atom stereocenters. The number of hydrogen-bond donors (Lipinski definition) is 1. The van der Waals surface area contributed by atoms with Crippen LogP contribution < -0.4 is 5.32 Å². The van der Waals surface area contributed by atoms with Crippen LogP contribution in [0.15, 0.2) is 24.3 Å². The van der Waals surface area contributed by atoms with E-state index in [4.69, 9.17) is 16.3 Å². The first-order valence-electron chi connectivity index (χ1n) is 8.73. The Hall–Kier alpha value is -1.34. The molecular formula is C18H25Cl2N3O3. The van der Waals surface area contributed by atoms with Crippen molar-refractivity contribution in [2.45, 2.75) is 18.9 Å². The van der Waals surface area contributed by atoms with Gasteiger partial charge in [0.05, 0.1) is 19.6 Å². The molecule has 144 valence electrons. The molecule has 2 saturated heterocycles. The van der Waals surface area contributed by atoms with Crippen molar-refractivity contribution in [2.75, 3.05) is 45.9 Å². The van der Waals surface area contributed by atoms with Crippen molar-refractivity contribution in [2.24, 2.45) is 0 Å². The van der Waals surface area contributed by atoms with E-state index in [0.29, 0.717) is 57.3 Å². The average molecular weight is 402 g/mol. The Kier molecular flexibility index (Phi) is 8.15. The Morgan fingerprint density at radius 3 is 2.38 bits per heavy atom. The van der Waals surface area contributed by atoms with Crippen LogP contribution in [-0.2, 0) is 20.7 Å². The largest absolute Gasteiger partial charge is 0.378 e. The lowest BCUT2D eigenvalue weighted by Gasteiger charge is -2.36. The number of morpholine rings is 1. The van der Waals surface area contributed by atoms with Crippen molar-refractivity contribution in [3.63, 3.8) is 0 Å². The van der Waals surface area contributed by atoms with Gasteiger partial charge in [-0.2, -0.15) is 0 Å². The number of hydrogen-bond acceptors (Lipinski definition) is 4. The molecule has 0 saturated carbocycles. The van der Waals surface area contributed by atoms with Crippen LogP contribution in [0.5, 0.6) is 0 Å². The molecule has 6 nitrogen and oxygen atoms in total. The first kappa shape index (κ1) is 21.0. The van der Waals surface area contributed by atoms with Crippen molar-refractivity contribution in [1.29, 1.82) is 0 Å². The third-order valence-corrected chi connectivity index (χ3v) is 5.07. The van der Waals surface area contributed by atoms with Crippen LogP contribution in [0.3, 0.4) is 0 Å². The third kappa shape index (κ3) is 5.58. The average Bonchev–Trinajstić information content (AvgIpc) is 2.64. The predicted molar refractivity (Wildman–Crippen MR) is 103 cm³/mol. The normalized spacial score (nSPS) is 20.4. The maximum absolute atomic E-state index is 12.5. The maximum Gasteiger partial charge on any atom is 0.227 e. The van der Waals surface area contributed by atoms with E-state index < -0.39 is 0 Å². The Morgan fingerprint density at radius 1 is 1.12 bits per heavy atom. The molecule has 2 aliphatic rings. The summed E-state index contributed by atoms with van der Waals surface area (Å²) in [5, 5.41) is 3.92. The van der Waals surface area contributed by atoms with Gasteiger partial charge < -0.3 is 19.9 Å². The summed E-state index contributed by atoms with van der Waals surface area (Å²) in [5.74, 6) is 0.184. The first-order chi connectivity index (χ1) is 12.1. The second kappa shape index (κ2) is 10.1. The van der Waals surface area contributed by atoms with E-state index >= 15 is 0 Å². The van der Waals surface area contributed by atoms with Crippen LogP contribution in [0.4, 0.5) is 0 Å². The van der Waals surface area contributed by atoms with Gasteiger partial charge in [0.1, 0.15) is 0 Å². The standard InChI is InChI=1S/C18H24ClN3O3.ClH/c19-16-4-2-1-3-14(16)11-17(23)21-6-8-22(9-7-21)18(24)12-15-13-25-10-5-20-15;/h1-4,15,20H,5-13H2;1H. The molecular weight excluding hydrogens is 377 g/mol. The van der Waals surface area contributed by atoms with Gasteiger partial charge in [-0.05, 0) is 11.6 Å². The van der Waals surface area contributed by atoms with Crippen molar-refractivity contribution in [3.05, 3.63) is 34.9 Å². The monoisotopic (exact) mass is 401 g/mol. The van der Waals surface area contributed by atoms with E-state index in [-0.39, 0.29) is 30.3 Å². The molecule has 2 amide bonds. The third-order valence-electron chi connectivity index (χ3n) is 4.70. The minimum atomic E-state index is 0. The number of carbonyl (C=O) groups excluding carboxylic acids is 2. The van der Waals surface area contributed by atoms with Crippen LogP contribution in [-0.4, -0.2) is 73.6 Å².